The van der Waals surface area contributed by atoms with Crippen LogP contribution in [0.15, 0.2) is 83.9 Å². The quantitative estimate of drug-likeness (QED) is 0.398. The molecule has 1 fully saturated rings. The maximum absolute atomic E-state index is 13.4. The fraction of sp³-hybridized carbons (Fsp3) is 0.250. The van der Waals surface area contributed by atoms with E-state index in [0.717, 1.165) is 17.7 Å². The lowest BCUT2D eigenvalue weighted by Gasteiger charge is -2.32. The Bertz CT molecular complexity index is 1200. The third-order valence-electron chi connectivity index (χ3n) is 5.55. The molecule has 1 atom stereocenters. The van der Waals surface area contributed by atoms with E-state index in [-0.39, 0.29) is 24.1 Å². The number of hydrogen-bond donors (Lipinski definition) is 1. The molecule has 0 spiro atoms. The molecular formula is C28H28FN3O3S. The molecule has 1 heterocycles. The summed E-state index contributed by atoms with van der Waals surface area (Å²) in [4.78, 5) is 32.4. The summed E-state index contributed by atoms with van der Waals surface area (Å²) in [5, 5.41) is 2.68. The fourth-order valence-corrected chi connectivity index (χ4v) is 4.77. The second-order valence-corrected chi connectivity index (χ2v) is 9.49. The van der Waals surface area contributed by atoms with E-state index in [1.54, 1.807) is 41.3 Å². The molecule has 0 radical (unpaired) electrons. The number of halogens is 1. The maximum atomic E-state index is 13.4. The summed E-state index contributed by atoms with van der Waals surface area (Å²) >= 11 is 1.24. The van der Waals surface area contributed by atoms with Crippen molar-refractivity contribution in [1.29, 1.82) is 0 Å². The number of thioether (sulfide) groups is 1. The first kappa shape index (κ1) is 25.4. The predicted molar refractivity (Wildman–Crippen MR) is 142 cm³/mol. The van der Waals surface area contributed by atoms with Gasteiger partial charge in [-0.05, 0) is 66.9 Å². The van der Waals surface area contributed by atoms with Gasteiger partial charge in [-0.15, -0.1) is 0 Å². The number of benzene rings is 3. The average Bonchev–Trinajstić information content (AvgIpc) is 2.89. The van der Waals surface area contributed by atoms with Crippen LogP contribution in [0, 0.1) is 5.82 Å². The van der Waals surface area contributed by atoms with Crippen molar-refractivity contribution in [2.24, 2.45) is 4.99 Å². The Morgan fingerprint density at radius 2 is 1.81 bits per heavy atom. The van der Waals surface area contributed by atoms with Crippen LogP contribution in [-0.4, -0.2) is 40.3 Å². The van der Waals surface area contributed by atoms with Crippen molar-refractivity contribution < 1.29 is 18.7 Å². The van der Waals surface area contributed by atoms with Gasteiger partial charge in [-0.3, -0.25) is 14.5 Å². The molecule has 1 saturated heterocycles. The van der Waals surface area contributed by atoms with Gasteiger partial charge < -0.3 is 10.1 Å². The number of ether oxygens (including phenoxy) is 1. The van der Waals surface area contributed by atoms with E-state index >= 15 is 0 Å². The van der Waals surface area contributed by atoms with E-state index in [1.807, 2.05) is 37.3 Å². The number of amides is 2. The van der Waals surface area contributed by atoms with Crippen LogP contribution in [0.1, 0.15) is 25.3 Å². The number of rotatable bonds is 9. The van der Waals surface area contributed by atoms with Crippen molar-refractivity contribution in [2.45, 2.75) is 31.4 Å². The highest BCUT2D eigenvalue weighted by molar-refractivity contribution is 8.15. The van der Waals surface area contributed by atoms with Gasteiger partial charge in [-0.25, -0.2) is 9.38 Å². The van der Waals surface area contributed by atoms with Gasteiger partial charge in [0.25, 0.3) is 0 Å². The van der Waals surface area contributed by atoms with Gasteiger partial charge in [-0.2, -0.15) is 0 Å². The van der Waals surface area contributed by atoms with E-state index in [2.05, 4.69) is 10.3 Å². The summed E-state index contributed by atoms with van der Waals surface area (Å²) < 4.78 is 19.0. The zero-order valence-electron chi connectivity index (χ0n) is 20.0. The smallest absolute Gasteiger partial charge is 0.238 e. The minimum Gasteiger partial charge on any atom is -0.494 e. The van der Waals surface area contributed by atoms with Crippen LogP contribution in [0.4, 0.5) is 15.8 Å². The van der Waals surface area contributed by atoms with Crippen LogP contribution in [0.25, 0.3) is 0 Å². The van der Waals surface area contributed by atoms with Gasteiger partial charge in [-0.1, -0.05) is 49.0 Å². The van der Waals surface area contributed by atoms with Crippen molar-refractivity contribution >= 4 is 40.1 Å². The number of anilines is 1. The summed E-state index contributed by atoms with van der Waals surface area (Å²) in [6.45, 7) is 3.10. The molecule has 6 nitrogen and oxygen atoms in total. The third kappa shape index (κ3) is 6.95. The minimum absolute atomic E-state index is 0.0609. The zero-order chi connectivity index (χ0) is 25.3. The lowest BCUT2D eigenvalue weighted by atomic mass is 10.1. The molecule has 4 rings (SSSR count). The normalized spacial score (nSPS) is 16.7. The van der Waals surface area contributed by atoms with Crippen LogP contribution in [-0.2, 0) is 16.0 Å². The Hall–Kier alpha value is -3.65. The second-order valence-electron chi connectivity index (χ2n) is 8.32. The van der Waals surface area contributed by atoms with Crippen LogP contribution in [0.2, 0.25) is 0 Å². The highest BCUT2D eigenvalue weighted by atomic mass is 32.2. The van der Waals surface area contributed by atoms with Crippen LogP contribution in [0.3, 0.4) is 0 Å². The van der Waals surface area contributed by atoms with Gasteiger partial charge in [0.05, 0.1) is 12.3 Å². The first-order chi connectivity index (χ1) is 17.5. The molecule has 1 aliphatic heterocycles. The first-order valence-electron chi connectivity index (χ1n) is 11.9. The van der Waals surface area contributed by atoms with E-state index in [1.165, 1.54) is 23.9 Å². The number of hydrogen-bond acceptors (Lipinski definition) is 5. The topological polar surface area (TPSA) is 71.0 Å². The molecule has 186 valence electrons. The number of carbonyl (C=O) groups excluding carboxylic acids is 2. The molecule has 1 N–H and O–H groups in total. The van der Waals surface area contributed by atoms with E-state index in [0.29, 0.717) is 36.1 Å². The van der Waals surface area contributed by atoms with E-state index in [9.17, 15) is 14.0 Å². The van der Waals surface area contributed by atoms with Crippen molar-refractivity contribution in [2.75, 3.05) is 18.5 Å². The number of nitrogens with zero attached hydrogens (tertiary/aromatic N) is 2. The molecule has 0 aliphatic carbocycles. The highest BCUT2D eigenvalue weighted by Crippen LogP contribution is 2.30. The lowest BCUT2D eigenvalue weighted by Crippen LogP contribution is -2.46. The maximum Gasteiger partial charge on any atom is 0.238 e. The van der Waals surface area contributed by atoms with Gasteiger partial charge >= 0.3 is 0 Å². The summed E-state index contributed by atoms with van der Waals surface area (Å²) in [5.74, 6) is -0.0745. The minimum atomic E-state index is -0.638. The second kappa shape index (κ2) is 12.4. The van der Waals surface area contributed by atoms with Gasteiger partial charge in [0.2, 0.25) is 11.8 Å². The Morgan fingerprint density at radius 3 is 2.50 bits per heavy atom. The predicted octanol–water partition coefficient (Wildman–Crippen LogP) is 5.82. The van der Waals surface area contributed by atoms with Gasteiger partial charge in [0, 0.05) is 18.7 Å². The number of carbonyl (C=O) groups is 2. The van der Waals surface area contributed by atoms with Crippen molar-refractivity contribution in [1.82, 2.24) is 4.90 Å². The zero-order valence-corrected chi connectivity index (χ0v) is 20.8. The summed E-state index contributed by atoms with van der Waals surface area (Å²) in [6, 6.07) is 22.8. The molecule has 0 aromatic heterocycles. The van der Waals surface area contributed by atoms with Crippen molar-refractivity contribution in [3.05, 3.63) is 90.2 Å². The Balaban J connectivity index is 1.49. The molecule has 1 unspecified atom stereocenters. The Labute approximate surface area is 214 Å². The SMILES string of the molecule is CCCOc1ccc(NC(=O)C2CC(=O)N(CCc3ccccc3)C(=Nc3ccc(F)cc3)S2)cc1. The molecule has 2 amide bonds. The lowest BCUT2D eigenvalue weighted by molar-refractivity contribution is -0.129. The van der Waals surface area contributed by atoms with Crippen LogP contribution in [0.5, 0.6) is 5.75 Å². The van der Waals surface area contributed by atoms with Crippen LogP contribution < -0.4 is 10.1 Å². The first-order valence-corrected chi connectivity index (χ1v) is 12.8. The number of aliphatic imine (C=N–C) groups is 1. The molecular weight excluding hydrogens is 477 g/mol. The third-order valence-corrected chi connectivity index (χ3v) is 6.73. The molecule has 0 bridgehead atoms. The van der Waals surface area contributed by atoms with Crippen LogP contribution >= 0.6 is 11.8 Å². The van der Waals surface area contributed by atoms with E-state index < -0.39 is 5.25 Å². The van der Waals surface area contributed by atoms with E-state index in [4.69, 9.17) is 4.74 Å². The van der Waals surface area contributed by atoms with Crippen molar-refractivity contribution in [3.63, 3.8) is 0 Å². The molecule has 0 saturated carbocycles. The molecule has 3 aromatic carbocycles. The Kier molecular flexibility index (Phi) is 8.73. The monoisotopic (exact) mass is 505 g/mol. The van der Waals surface area contributed by atoms with Gasteiger partial charge in [0.1, 0.15) is 16.8 Å². The summed E-state index contributed by atoms with van der Waals surface area (Å²) in [7, 11) is 0. The largest absolute Gasteiger partial charge is 0.494 e. The molecule has 36 heavy (non-hydrogen) atoms. The Morgan fingerprint density at radius 1 is 1.08 bits per heavy atom. The standard InChI is InChI=1S/C28H28FN3O3S/c1-2-18-35-24-14-12-22(13-15-24)30-27(34)25-19-26(33)32(17-16-20-6-4-3-5-7-20)28(36-25)31-23-10-8-21(29)9-11-23/h3-15,25H,2,16-19H2,1H3,(H,30,34). The summed E-state index contributed by atoms with van der Waals surface area (Å²) in [5.41, 5.74) is 2.24. The molecule has 3 aromatic rings. The fourth-order valence-electron chi connectivity index (χ4n) is 3.65. The molecule has 8 heteroatoms. The van der Waals surface area contributed by atoms with Gasteiger partial charge in [0.15, 0.2) is 5.17 Å². The number of nitrogens with one attached hydrogen (secondary N) is 1. The average molecular weight is 506 g/mol. The molecule has 1 aliphatic rings. The van der Waals surface area contributed by atoms with Crippen molar-refractivity contribution in [3.8, 4) is 5.75 Å². The number of amidine groups is 1. The summed E-state index contributed by atoms with van der Waals surface area (Å²) in [6.07, 6.45) is 1.62. The highest BCUT2D eigenvalue weighted by Gasteiger charge is 2.35.